The number of nitrogens with zero attached hydrogens (tertiary/aromatic N) is 1. The number of hydrogen-bond donors (Lipinski definition) is 1. The Labute approximate surface area is 126 Å². The predicted molar refractivity (Wildman–Crippen MR) is 85.5 cm³/mol. The molecule has 2 aromatic rings. The van der Waals surface area contributed by atoms with Crippen LogP contribution in [-0.2, 0) is 0 Å². The van der Waals surface area contributed by atoms with E-state index in [0.29, 0.717) is 11.7 Å². The summed E-state index contributed by atoms with van der Waals surface area (Å²) in [6.07, 6.45) is 4.44. The molecule has 0 bridgehead atoms. The smallest absolute Gasteiger partial charge is 0.175 e. The molecular weight excluding hydrogens is 264 g/mol. The molecule has 0 aliphatic carbocycles. The standard InChI is InChI=1S/C17H24N2O2/c1-4-6-9-12(5-2)16-15(17(18)19-21-16)13-10-7-8-11-14(13)20-3/h7-8,10-12H,4-6,9H2,1-3H3,(H2,18,19). The third-order valence-electron chi connectivity index (χ3n) is 3.89. The Balaban J connectivity index is 2.46. The molecule has 1 unspecified atom stereocenters. The van der Waals surface area contributed by atoms with Crippen molar-refractivity contribution in [3.63, 3.8) is 0 Å². The van der Waals surface area contributed by atoms with Crippen molar-refractivity contribution in [3.05, 3.63) is 30.0 Å². The number of methoxy groups -OCH3 is 1. The van der Waals surface area contributed by atoms with E-state index in [4.69, 9.17) is 15.0 Å². The quantitative estimate of drug-likeness (QED) is 0.807. The van der Waals surface area contributed by atoms with Crippen molar-refractivity contribution in [2.75, 3.05) is 12.8 Å². The normalized spacial score (nSPS) is 12.3. The van der Waals surface area contributed by atoms with Crippen molar-refractivity contribution < 1.29 is 9.26 Å². The zero-order valence-electron chi connectivity index (χ0n) is 13.1. The van der Waals surface area contributed by atoms with E-state index >= 15 is 0 Å². The molecule has 114 valence electrons. The van der Waals surface area contributed by atoms with E-state index in [9.17, 15) is 0 Å². The summed E-state index contributed by atoms with van der Waals surface area (Å²) < 4.78 is 11.0. The highest BCUT2D eigenvalue weighted by atomic mass is 16.5. The lowest BCUT2D eigenvalue weighted by molar-refractivity contribution is 0.349. The van der Waals surface area contributed by atoms with Gasteiger partial charge in [0.25, 0.3) is 0 Å². The van der Waals surface area contributed by atoms with Gasteiger partial charge in [0.05, 0.1) is 12.7 Å². The van der Waals surface area contributed by atoms with Crippen molar-refractivity contribution >= 4 is 5.82 Å². The van der Waals surface area contributed by atoms with Gasteiger partial charge in [0.15, 0.2) is 5.82 Å². The maximum atomic E-state index is 6.06. The number of benzene rings is 1. The van der Waals surface area contributed by atoms with Crippen molar-refractivity contribution in [2.45, 2.75) is 45.4 Å². The molecule has 4 nitrogen and oxygen atoms in total. The van der Waals surface area contributed by atoms with Crippen LogP contribution in [0.3, 0.4) is 0 Å². The summed E-state index contributed by atoms with van der Waals surface area (Å²) in [6, 6.07) is 7.84. The van der Waals surface area contributed by atoms with E-state index in [1.165, 1.54) is 12.8 Å². The van der Waals surface area contributed by atoms with Crippen LogP contribution in [0.15, 0.2) is 28.8 Å². The van der Waals surface area contributed by atoms with E-state index in [1.54, 1.807) is 7.11 Å². The fourth-order valence-electron chi connectivity index (χ4n) is 2.69. The first-order valence-corrected chi connectivity index (χ1v) is 7.61. The number of unbranched alkanes of at least 4 members (excludes halogenated alkanes) is 1. The Bertz CT molecular complexity index is 578. The molecule has 0 saturated carbocycles. The minimum absolute atomic E-state index is 0.342. The second-order valence-corrected chi connectivity index (χ2v) is 5.25. The molecule has 1 heterocycles. The lowest BCUT2D eigenvalue weighted by atomic mass is 9.91. The zero-order chi connectivity index (χ0) is 15.2. The van der Waals surface area contributed by atoms with Crippen molar-refractivity contribution in [2.24, 2.45) is 0 Å². The number of hydrogen-bond acceptors (Lipinski definition) is 4. The molecule has 0 aliphatic rings. The number of rotatable bonds is 7. The molecule has 1 aromatic carbocycles. The molecule has 2 N–H and O–H groups in total. The maximum Gasteiger partial charge on any atom is 0.175 e. The molecule has 1 atom stereocenters. The van der Waals surface area contributed by atoms with E-state index in [1.807, 2.05) is 24.3 Å². The van der Waals surface area contributed by atoms with Gasteiger partial charge < -0.3 is 15.0 Å². The van der Waals surface area contributed by atoms with Crippen LogP contribution in [0, 0.1) is 0 Å². The Kier molecular flexibility index (Phi) is 5.26. The Morgan fingerprint density at radius 2 is 2.05 bits per heavy atom. The van der Waals surface area contributed by atoms with Gasteiger partial charge >= 0.3 is 0 Å². The zero-order valence-corrected chi connectivity index (χ0v) is 13.1. The summed E-state index contributed by atoms with van der Waals surface area (Å²) in [6.45, 7) is 4.37. The second kappa shape index (κ2) is 7.16. The Hall–Kier alpha value is -1.97. The third kappa shape index (κ3) is 3.20. The third-order valence-corrected chi connectivity index (χ3v) is 3.89. The first kappa shape index (κ1) is 15.4. The second-order valence-electron chi connectivity index (χ2n) is 5.25. The molecule has 0 spiro atoms. The summed E-state index contributed by atoms with van der Waals surface area (Å²) in [7, 11) is 1.66. The summed E-state index contributed by atoms with van der Waals surface area (Å²) >= 11 is 0. The van der Waals surface area contributed by atoms with Gasteiger partial charge in [-0.1, -0.05) is 50.0 Å². The Morgan fingerprint density at radius 3 is 2.71 bits per heavy atom. The van der Waals surface area contributed by atoms with Gasteiger partial charge in [0.2, 0.25) is 0 Å². The van der Waals surface area contributed by atoms with Crippen molar-refractivity contribution in [1.82, 2.24) is 5.16 Å². The van der Waals surface area contributed by atoms with Crippen LogP contribution in [0.1, 0.15) is 51.2 Å². The van der Waals surface area contributed by atoms with Gasteiger partial charge in [0.1, 0.15) is 11.5 Å². The van der Waals surface area contributed by atoms with Crippen LogP contribution in [0.5, 0.6) is 5.75 Å². The minimum atomic E-state index is 0.342. The average Bonchev–Trinajstić information content (AvgIpc) is 2.89. The van der Waals surface area contributed by atoms with Crippen molar-refractivity contribution in [1.29, 1.82) is 0 Å². The summed E-state index contributed by atoms with van der Waals surface area (Å²) in [4.78, 5) is 0. The number of aromatic nitrogens is 1. The van der Waals surface area contributed by atoms with Crippen LogP contribution in [0.4, 0.5) is 5.82 Å². The average molecular weight is 288 g/mol. The van der Waals surface area contributed by atoms with Crippen LogP contribution >= 0.6 is 0 Å². The summed E-state index contributed by atoms with van der Waals surface area (Å²) in [5, 5.41) is 3.99. The lowest BCUT2D eigenvalue weighted by Gasteiger charge is -2.14. The summed E-state index contributed by atoms with van der Waals surface area (Å²) in [5.74, 6) is 2.45. The molecule has 1 aromatic heterocycles. The largest absolute Gasteiger partial charge is 0.496 e. The summed E-state index contributed by atoms with van der Waals surface area (Å²) in [5.41, 5.74) is 7.89. The highest BCUT2D eigenvalue weighted by Crippen LogP contribution is 2.41. The van der Waals surface area contributed by atoms with Gasteiger partial charge in [-0.3, -0.25) is 0 Å². The number of nitrogens with two attached hydrogens (primary N) is 1. The fourth-order valence-corrected chi connectivity index (χ4v) is 2.69. The van der Waals surface area contributed by atoms with E-state index in [0.717, 1.165) is 35.5 Å². The maximum absolute atomic E-state index is 6.06. The van der Waals surface area contributed by atoms with E-state index in [-0.39, 0.29) is 0 Å². The van der Waals surface area contributed by atoms with Crippen LogP contribution < -0.4 is 10.5 Å². The molecule has 0 radical (unpaired) electrons. The SMILES string of the molecule is CCCCC(CC)c1onc(N)c1-c1ccccc1OC. The van der Waals surface area contributed by atoms with Crippen LogP contribution in [-0.4, -0.2) is 12.3 Å². The highest BCUT2D eigenvalue weighted by molar-refractivity contribution is 5.80. The topological polar surface area (TPSA) is 61.3 Å². The van der Waals surface area contributed by atoms with Gasteiger partial charge in [-0.25, -0.2) is 0 Å². The number of anilines is 1. The van der Waals surface area contributed by atoms with E-state index < -0.39 is 0 Å². The van der Waals surface area contributed by atoms with Gasteiger partial charge in [0, 0.05) is 11.5 Å². The molecule has 0 saturated heterocycles. The Morgan fingerprint density at radius 1 is 1.29 bits per heavy atom. The van der Waals surface area contributed by atoms with Gasteiger partial charge in [-0.15, -0.1) is 0 Å². The van der Waals surface area contributed by atoms with Gasteiger partial charge in [-0.2, -0.15) is 0 Å². The minimum Gasteiger partial charge on any atom is -0.496 e. The lowest BCUT2D eigenvalue weighted by Crippen LogP contribution is -2.00. The molecule has 0 fully saturated rings. The number of para-hydroxylation sites is 1. The van der Waals surface area contributed by atoms with Crippen LogP contribution in [0.25, 0.3) is 11.1 Å². The van der Waals surface area contributed by atoms with E-state index in [2.05, 4.69) is 19.0 Å². The number of nitrogen functional groups attached to an aromatic ring is 1. The monoisotopic (exact) mass is 288 g/mol. The van der Waals surface area contributed by atoms with Gasteiger partial charge in [-0.05, 0) is 18.9 Å². The first-order chi connectivity index (χ1) is 10.2. The number of ether oxygens (including phenoxy) is 1. The first-order valence-electron chi connectivity index (χ1n) is 7.61. The molecule has 4 heteroatoms. The van der Waals surface area contributed by atoms with Crippen LogP contribution in [0.2, 0.25) is 0 Å². The molecule has 21 heavy (non-hydrogen) atoms. The molecule has 2 rings (SSSR count). The van der Waals surface area contributed by atoms with Crippen molar-refractivity contribution in [3.8, 4) is 16.9 Å². The predicted octanol–water partition coefficient (Wildman–Crippen LogP) is 4.62. The highest BCUT2D eigenvalue weighted by Gasteiger charge is 2.24. The fraction of sp³-hybridized carbons (Fsp3) is 0.471. The molecule has 0 amide bonds. The molecule has 0 aliphatic heterocycles. The molecular formula is C17H24N2O2.